The lowest BCUT2D eigenvalue weighted by atomic mass is 9.89. The van der Waals surface area contributed by atoms with Crippen LogP contribution in [0.5, 0.6) is 0 Å². The molecule has 6 heteroatoms. The Balaban J connectivity index is 1.33. The quantitative estimate of drug-likeness (QED) is 0.699. The fourth-order valence-corrected chi connectivity index (χ4v) is 5.02. The number of nitrogens with zero attached hydrogens (tertiary/aromatic N) is 4. The highest BCUT2D eigenvalue weighted by Gasteiger charge is 2.33. The van der Waals surface area contributed by atoms with Gasteiger partial charge in [-0.15, -0.1) is 0 Å². The summed E-state index contributed by atoms with van der Waals surface area (Å²) in [7, 11) is 4.13. The second-order valence-electron chi connectivity index (χ2n) is 9.20. The molecule has 0 bridgehead atoms. The number of fused-ring (bicyclic) bond motifs is 1. The first-order valence-electron chi connectivity index (χ1n) is 11.1. The number of rotatable bonds is 5. The van der Waals surface area contributed by atoms with Crippen molar-refractivity contribution in [3.8, 4) is 0 Å². The summed E-state index contributed by atoms with van der Waals surface area (Å²) in [6.45, 7) is 4.22. The van der Waals surface area contributed by atoms with E-state index in [0.29, 0.717) is 17.4 Å². The zero-order valence-corrected chi connectivity index (χ0v) is 18.1. The molecule has 0 spiro atoms. The fraction of sp³-hybridized carbons (Fsp3) is 0.500. The van der Waals surface area contributed by atoms with Crippen LogP contribution in [0, 0.1) is 0 Å². The van der Waals surface area contributed by atoms with Gasteiger partial charge in [0.15, 0.2) is 0 Å². The van der Waals surface area contributed by atoms with E-state index in [1.165, 1.54) is 36.9 Å². The van der Waals surface area contributed by atoms with Crippen LogP contribution in [0.2, 0.25) is 0 Å². The molecule has 5 rings (SSSR count). The number of hydrogen-bond acceptors (Lipinski definition) is 4. The molecule has 3 heterocycles. The van der Waals surface area contributed by atoms with Gasteiger partial charge in [0.05, 0.1) is 11.9 Å². The summed E-state index contributed by atoms with van der Waals surface area (Å²) in [4.78, 5) is 25.0. The number of likely N-dealkylation sites (tertiary alicyclic amines) is 1. The van der Waals surface area contributed by atoms with Crippen molar-refractivity contribution in [1.29, 1.82) is 0 Å². The minimum atomic E-state index is -0.0348. The maximum Gasteiger partial charge on any atom is 0.274 e. The van der Waals surface area contributed by atoms with Crippen LogP contribution in [0.25, 0.3) is 5.52 Å². The smallest absolute Gasteiger partial charge is 0.274 e. The Morgan fingerprint density at radius 2 is 1.80 bits per heavy atom. The van der Waals surface area contributed by atoms with Crippen LogP contribution in [0.15, 0.2) is 41.5 Å². The van der Waals surface area contributed by atoms with E-state index >= 15 is 0 Å². The van der Waals surface area contributed by atoms with Crippen molar-refractivity contribution in [2.24, 2.45) is 0 Å². The zero-order chi connectivity index (χ0) is 20.8. The summed E-state index contributed by atoms with van der Waals surface area (Å²) in [5, 5.41) is 0. The van der Waals surface area contributed by atoms with Crippen molar-refractivity contribution >= 4 is 11.2 Å². The molecule has 30 heavy (non-hydrogen) atoms. The Morgan fingerprint density at radius 3 is 2.47 bits per heavy atom. The van der Waals surface area contributed by atoms with Crippen LogP contribution in [-0.4, -0.2) is 46.5 Å². The normalized spacial score (nSPS) is 19.3. The lowest BCUT2D eigenvalue weighted by Crippen LogP contribution is -2.46. The topological polar surface area (TPSA) is 56.6 Å². The Morgan fingerprint density at radius 1 is 1.10 bits per heavy atom. The molecule has 1 unspecified atom stereocenters. The van der Waals surface area contributed by atoms with Crippen LogP contribution in [0.1, 0.15) is 67.6 Å². The summed E-state index contributed by atoms with van der Waals surface area (Å²) in [5.41, 5.74) is 4.23. The van der Waals surface area contributed by atoms with E-state index in [1.54, 1.807) is 6.20 Å². The summed E-state index contributed by atoms with van der Waals surface area (Å²) in [6, 6.07) is 9.05. The maximum absolute atomic E-state index is 12.7. The van der Waals surface area contributed by atoms with Gasteiger partial charge in [-0.05, 0) is 37.5 Å². The lowest BCUT2D eigenvalue weighted by Gasteiger charge is -2.43. The van der Waals surface area contributed by atoms with E-state index in [9.17, 15) is 4.79 Å². The molecule has 2 aliphatic rings. The number of nitrogens with one attached hydrogen (secondary N) is 1. The third-order valence-corrected chi connectivity index (χ3v) is 7.09. The van der Waals surface area contributed by atoms with Crippen molar-refractivity contribution in [2.45, 2.75) is 50.5 Å². The van der Waals surface area contributed by atoms with Gasteiger partial charge >= 0.3 is 0 Å². The second-order valence-corrected chi connectivity index (χ2v) is 9.20. The molecule has 1 saturated heterocycles. The van der Waals surface area contributed by atoms with Gasteiger partial charge in [0.1, 0.15) is 11.3 Å². The van der Waals surface area contributed by atoms with Crippen LogP contribution >= 0.6 is 0 Å². The Labute approximate surface area is 177 Å². The van der Waals surface area contributed by atoms with Crippen LogP contribution in [0.3, 0.4) is 0 Å². The summed E-state index contributed by atoms with van der Waals surface area (Å²) < 4.78 is 2.05. The van der Waals surface area contributed by atoms with Crippen LogP contribution in [-0.2, 0) is 0 Å². The van der Waals surface area contributed by atoms with Crippen LogP contribution < -0.4 is 10.5 Å². The molecule has 3 aromatic rings. The van der Waals surface area contributed by atoms with E-state index in [0.717, 1.165) is 24.6 Å². The van der Waals surface area contributed by atoms with Crippen molar-refractivity contribution in [1.82, 2.24) is 19.3 Å². The van der Waals surface area contributed by atoms with Crippen molar-refractivity contribution < 1.29 is 0 Å². The molecular formula is C24H31N5O. The second kappa shape index (κ2) is 7.58. The molecule has 1 aromatic carbocycles. The molecular weight excluding hydrogens is 374 g/mol. The highest BCUT2D eigenvalue weighted by molar-refractivity contribution is 5.47. The van der Waals surface area contributed by atoms with Gasteiger partial charge in [0.25, 0.3) is 5.56 Å². The minimum absolute atomic E-state index is 0.0348. The number of aromatic amines is 1. The maximum atomic E-state index is 12.7. The van der Waals surface area contributed by atoms with Gasteiger partial charge in [-0.25, -0.2) is 4.98 Å². The van der Waals surface area contributed by atoms with Gasteiger partial charge in [-0.1, -0.05) is 25.0 Å². The van der Waals surface area contributed by atoms with Crippen molar-refractivity contribution in [2.75, 3.05) is 32.1 Å². The fourth-order valence-electron chi connectivity index (χ4n) is 5.02. The first-order chi connectivity index (χ1) is 14.5. The van der Waals surface area contributed by atoms with E-state index in [4.69, 9.17) is 0 Å². The first kappa shape index (κ1) is 19.4. The van der Waals surface area contributed by atoms with Gasteiger partial charge in [0, 0.05) is 56.9 Å². The molecule has 158 valence electrons. The average molecular weight is 406 g/mol. The molecule has 0 amide bonds. The van der Waals surface area contributed by atoms with Gasteiger partial charge in [-0.3, -0.25) is 14.1 Å². The number of imidazole rings is 1. The summed E-state index contributed by atoms with van der Waals surface area (Å²) >= 11 is 0. The monoisotopic (exact) mass is 405 g/mol. The average Bonchev–Trinajstić information content (AvgIpc) is 3.36. The molecule has 0 radical (unpaired) electrons. The molecule has 1 N–H and O–H groups in total. The van der Waals surface area contributed by atoms with E-state index in [1.807, 2.05) is 0 Å². The van der Waals surface area contributed by atoms with Gasteiger partial charge in [0.2, 0.25) is 0 Å². The van der Waals surface area contributed by atoms with Crippen LogP contribution in [0.4, 0.5) is 5.69 Å². The zero-order valence-electron chi connectivity index (χ0n) is 18.1. The number of benzene rings is 1. The highest BCUT2D eigenvalue weighted by atomic mass is 16.1. The minimum Gasteiger partial charge on any atom is -0.378 e. The Hall–Kier alpha value is -2.60. The summed E-state index contributed by atoms with van der Waals surface area (Å²) in [6.07, 6.45) is 8.72. The molecule has 2 fully saturated rings. The van der Waals surface area contributed by atoms with Crippen molar-refractivity contribution in [3.05, 3.63) is 64.1 Å². The molecule has 2 aromatic heterocycles. The number of aromatic nitrogens is 3. The highest BCUT2D eigenvalue weighted by Crippen LogP contribution is 2.35. The number of hydrogen-bond donors (Lipinski definition) is 1. The van der Waals surface area contributed by atoms with Gasteiger partial charge < -0.3 is 9.88 Å². The molecule has 1 aliphatic carbocycles. The predicted molar refractivity (Wildman–Crippen MR) is 121 cm³/mol. The standard InChI is InChI=1S/C24H31N5O/c1-16(28-13-19(14-28)17-8-10-20(11-9-17)27(2)3)21-15-29-22(24(30)26-21)12-25-23(29)18-6-4-5-7-18/h8-12,15-16,18-19H,4-7,13-14H2,1-3H3,(H,26,30). The van der Waals surface area contributed by atoms with Crippen molar-refractivity contribution in [3.63, 3.8) is 0 Å². The molecule has 1 saturated carbocycles. The summed E-state index contributed by atoms with van der Waals surface area (Å²) in [5.74, 6) is 2.10. The van der Waals surface area contributed by atoms with E-state index < -0.39 is 0 Å². The first-order valence-corrected chi connectivity index (χ1v) is 11.1. The number of anilines is 1. The van der Waals surface area contributed by atoms with Gasteiger partial charge in [-0.2, -0.15) is 0 Å². The third kappa shape index (κ3) is 3.33. The number of H-pyrrole nitrogens is 1. The Bertz CT molecular complexity index is 1080. The third-order valence-electron chi connectivity index (χ3n) is 7.09. The van der Waals surface area contributed by atoms with E-state index in [2.05, 4.69) is 75.6 Å². The predicted octanol–water partition coefficient (Wildman–Crippen LogP) is 3.91. The Kier molecular flexibility index (Phi) is 4.89. The molecule has 1 atom stereocenters. The lowest BCUT2D eigenvalue weighted by molar-refractivity contribution is 0.0979. The van der Waals surface area contributed by atoms with E-state index in [-0.39, 0.29) is 11.6 Å². The molecule has 6 nitrogen and oxygen atoms in total. The SMILES string of the molecule is CC(c1cn2c(C3CCCC3)ncc2c(=O)[nH]1)N1CC(c2ccc(N(C)C)cc2)C1. The molecule has 1 aliphatic heterocycles. The largest absolute Gasteiger partial charge is 0.378 e.